The van der Waals surface area contributed by atoms with Gasteiger partial charge in [-0.05, 0) is 42.5 Å². The number of piperidine rings is 1. The largest absolute Gasteiger partial charge is 0.281 e. The van der Waals surface area contributed by atoms with Crippen LogP contribution < -0.4 is 0 Å². The van der Waals surface area contributed by atoms with Gasteiger partial charge < -0.3 is 0 Å². The number of fused-ring (bicyclic) bond motifs is 1. The Hall–Kier alpha value is -2.24. The molecule has 2 saturated heterocycles. The number of nitro benzene ring substituents is 1. The van der Waals surface area contributed by atoms with Gasteiger partial charge in [-0.15, -0.1) is 0 Å². The minimum absolute atomic E-state index is 0.161. The van der Waals surface area contributed by atoms with E-state index in [1.807, 2.05) is 18.2 Å². The Kier molecular flexibility index (Phi) is 5.00. The smallest absolute Gasteiger partial charge is 0.269 e. The van der Waals surface area contributed by atoms with E-state index < -0.39 is 0 Å². The molecule has 0 aromatic heterocycles. The molecule has 2 fully saturated rings. The van der Waals surface area contributed by atoms with Crippen molar-refractivity contribution in [1.82, 2.24) is 9.80 Å². The summed E-state index contributed by atoms with van der Waals surface area (Å²) >= 11 is 0. The fourth-order valence-electron chi connectivity index (χ4n) is 4.46. The van der Waals surface area contributed by atoms with E-state index in [2.05, 4.69) is 34.1 Å². The monoisotopic (exact) mass is 351 g/mol. The highest BCUT2D eigenvalue weighted by molar-refractivity contribution is 5.34. The Labute approximate surface area is 154 Å². The first-order valence-corrected chi connectivity index (χ1v) is 9.50. The highest BCUT2D eigenvalue weighted by Crippen LogP contribution is 2.38. The van der Waals surface area contributed by atoms with E-state index in [-0.39, 0.29) is 16.8 Å². The van der Waals surface area contributed by atoms with Crippen molar-refractivity contribution in [1.29, 1.82) is 0 Å². The van der Waals surface area contributed by atoms with Gasteiger partial charge in [0, 0.05) is 37.8 Å². The van der Waals surface area contributed by atoms with Gasteiger partial charge in [0.1, 0.15) is 0 Å². The average Bonchev–Trinajstić information content (AvgIpc) is 2.69. The first-order valence-electron chi connectivity index (χ1n) is 9.50. The molecule has 136 valence electrons. The summed E-state index contributed by atoms with van der Waals surface area (Å²) in [6.45, 7) is 3.08. The van der Waals surface area contributed by atoms with E-state index in [0.717, 1.165) is 25.2 Å². The molecule has 26 heavy (non-hydrogen) atoms. The van der Waals surface area contributed by atoms with Crippen molar-refractivity contribution in [2.45, 2.75) is 44.4 Å². The minimum atomic E-state index is -0.323. The third-order valence-corrected chi connectivity index (χ3v) is 5.71. The zero-order chi connectivity index (χ0) is 17.9. The molecular formula is C21H25N3O2. The number of rotatable bonds is 4. The number of hydrogen-bond acceptors (Lipinski definition) is 4. The predicted octanol–water partition coefficient (Wildman–Crippen LogP) is 4.35. The van der Waals surface area contributed by atoms with Crippen LogP contribution in [0.1, 0.15) is 43.0 Å². The molecule has 0 unspecified atom stereocenters. The quantitative estimate of drug-likeness (QED) is 0.607. The standard InChI is InChI=1S/C21H25N3O2/c25-24(26)20-11-9-18(10-12-20)21-22(16-17-6-2-1-3-7-17)15-13-19-8-4-5-14-23(19)21/h1-3,6-7,9-12,19,21H,4-5,8,13-16H2/t19-,21+/m0/s1. The summed E-state index contributed by atoms with van der Waals surface area (Å²) in [5, 5.41) is 11.0. The van der Waals surface area contributed by atoms with Crippen LogP contribution in [0.2, 0.25) is 0 Å². The van der Waals surface area contributed by atoms with Crippen LogP contribution in [0.5, 0.6) is 0 Å². The first kappa shape index (κ1) is 17.2. The molecule has 0 bridgehead atoms. The van der Waals surface area contributed by atoms with Gasteiger partial charge in [-0.1, -0.05) is 36.8 Å². The minimum Gasteiger partial charge on any atom is -0.281 e. The average molecular weight is 351 g/mol. The molecule has 2 heterocycles. The van der Waals surface area contributed by atoms with Crippen LogP contribution >= 0.6 is 0 Å². The van der Waals surface area contributed by atoms with E-state index in [1.165, 1.54) is 31.2 Å². The number of hydrogen-bond donors (Lipinski definition) is 0. The third kappa shape index (κ3) is 3.50. The summed E-state index contributed by atoms with van der Waals surface area (Å²) in [5.74, 6) is 0. The maximum atomic E-state index is 11.0. The van der Waals surface area contributed by atoms with E-state index in [4.69, 9.17) is 0 Å². The van der Waals surface area contributed by atoms with E-state index in [9.17, 15) is 10.1 Å². The van der Waals surface area contributed by atoms with Crippen LogP contribution in [0.4, 0.5) is 5.69 Å². The van der Waals surface area contributed by atoms with Gasteiger partial charge >= 0.3 is 0 Å². The van der Waals surface area contributed by atoms with Crippen LogP contribution in [0.3, 0.4) is 0 Å². The summed E-state index contributed by atoms with van der Waals surface area (Å²) in [7, 11) is 0. The number of non-ortho nitro benzene ring substituents is 1. The third-order valence-electron chi connectivity index (χ3n) is 5.71. The Bertz CT molecular complexity index is 748. The molecule has 2 atom stereocenters. The lowest BCUT2D eigenvalue weighted by Gasteiger charge is -2.50. The lowest BCUT2D eigenvalue weighted by atomic mass is 9.93. The fourth-order valence-corrected chi connectivity index (χ4v) is 4.46. The van der Waals surface area contributed by atoms with Gasteiger partial charge in [0.2, 0.25) is 0 Å². The van der Waals surface area contributed by atoms with Gasteiger partial charge in [-0.3, -0.25) is 19.9 Å². The summed E-state index contributed by atoms with van der Waals surface area (Å²) in [6.07, 6.45) is 5.22. The molecule has 2 aliphatic heterocycles. The molecule has 0 spiro atoms. The summed E-state index contributed by atoms with van der Waals surface area (Å²) < 4.78 is 0. The first-order chi connectivity index (χ1) is 12.7. The molecule has 0 saturated carbocycles. The molecule has 0 N–H and O–H groups in total. The summed E-state index contributed by atoms with van der Waals surface area (Å²) in [5.41, 5.74) is 2.64. The second-order valence-corrected chi connectivity index (χ2v) is 7.35. The molecule has 4 rings (SSSR count). The number of nitrogens with zero attached hydrogens (tertiary/aromatic N) is 3. The van der Waals surface area contributed by atoms with E-state index in [0.29, 0.717) is 6.04 Å². The topological polar surface area (TPSA) is 49.6 Å². The van der Waals surface area contributed by atoms with Gasteiger partial charge in [-0.2, -0.15) is 0 Å². The second kappa shape index (κ2) is 7.56. The molecule has 5 nitrogen and oxygen atoms in total. The number of nitro groups is 1. The summed E-state index contributed by atoms with van der Waals surface area (Å²) in [6, 6.07) is 18.4. The predicted molar refractivity (Wildman–Crippen MR) is 102 cm³/mol. The second-order valence-electron chi connectivity index (χ2n) is 7.35. The van der Waals surface area contributed by atoms with Crippen molar-refractivity contribution >= 4 is 5.69 Å². The van der Waals surface area contributed by atoms with Crippen LogP contribution in [0.15, 0.2) is 54.6 Å². The SMILES string of the molecule is O=[N+]([O-])c1ccc([C@@H]2N(Cc3ccccc3)CC[C@@H]3CCCCN32)cc1. The van der Waals surface area contributed by atoms with Crippen LogP contribution in [0.25, 0.3) is 0 Å². The van der Waals surface area contributed by atoms with E-state index >= 15 is 0 Å². The normalized spacial score (nSPS) is 24.2. The lowest BCUT2D eigenvalue weighted by Crippen LogP contribution is -2.54. The lowest BCUT2D eigenvalue weighted by molar-refractivity contribution is -0.384. The fraction of sp³-hybridized carbons (Fsp3) is 0.429. The van der Waals surface area contributed by atoms with Crippen molar-refractivity contribution in [3.63, 3.8) is 0 Å². The van der Waals surface area contributed by atoms with Gasteiger partial charge in [0.15, 0.2) is 0 Å². The zero-order valence-corrected chi connectivity index (χ0v) is 15.0. The van der Waals surface area contributed by atoms with Crippen molar-refractivity contribution in [3.05, 3.63) is 75.8 Å². The van der Waals surface area contributed by atoms with Crippen molar-refractivity contribution in [2.75, 3.05) is 13.1 Å². The van der Waals surface area contributed by atoms with Gasteiger partial charge in [0.25, 0.3) is 5.69 Å². The Morgan fingerprint density at radius 3 is 2.46 bits per heavy atom. The van der Waals surface area contributed by atoms with E-state index in [1.54, 1.807) is 12.1 Å². The maximum absolute atomic E-state index is 11.0. The van der Waals surface area contributed by atoms with Crippen molar-refractivity contribution in [2.24, 2.45) is 0 Å². The maximum Gasteiger partial charge on any atom is 0.269 e. The Morgan fingerprint density at radius 2 is 1.73 bits per heavy atom. The van der Waals surface area contributed by atoms with Crippen LogP contribution in [0, 0.1) is 10.1 Å². The molecule has 0 amide bonds. The van der Waals surface area contributed by atoms with Crippen LogP contribution in [-0.2, 0) is 6.54 Å². The summed E-state index contributed by atoms with van der Waals surface area (Å²) in [4.78, 5) is 15.8. The molecule has 2 aliphatic rings. The highest BCUT2D eigenvalue weighted by atomic mass is 16.6. The van der Waals surface area contributed by atoms with Crippen molar-refractivity contribution in [3.8, 4) is 0 Å². The molecule has 2 aromatic rings. The van der Waals surface area contributed by atoms with Crippen LogP contribution in [-0.4, -0.2) is 33.9 Å². The Morgan fingerprint density at radius 1 is 0.962 bits per heavy atom. The number of benzene rings is 2. The highest BCUT2D eigenvalue weighted by Gasteiger charge is 2.37. The molecule has 2 aromatic carbocycles. The van der Waals surface area contributed by atoms with Gasteiger partial charge in [-0.25, -0.2) is 0 Å². The molecule has 0 radical (unpaired) electrons. The molecule has 0 aliphatic carbocycles. The molecule has 5 heteroatoms. The van der Waals surface area contributed by atoms with Gasteiger partial charge in [0.05, 0.1) is 11.1 Å². The Balaban J connectivity index is 1.64. The molecular weight excluding hydrogens is 326 g/mol. The zero-order valence-electron chi connectivity index (χ0n) is 15.0. The van der Waals surface area contributed by atoms with Crippen molar-refractivity contribution < 1.29 is 4.92 Å².